The minimum atomic E-state index is 0.607. The number of pyridine rings is 1. The second-order valence-corrected chi connectivity index (χ2v) is 5.32. The summed E-state index contributed by atoms with van der Waals surface area (Å²) >= 11 is 0. The van der Waals surface area contributed by atoms with Crippen LogP contribution in [-0.2, 0) is 0 Å². The topological polar surface area (TPSA) is 37.0 Å². The third-order valence-corrected chi connectivity index (χ3v) is 4.00. The molecular weight excluding hydrogens is 210 g/mol. The molecule has 3 heteroatoms. The van der Waals surface area contributed by atoms with Crippen LogP contribution >= 0.6 is 0 Å². The molecule has 3 unspecified atom stereocenters. The molecule has 0 aromatic carbocycles. The molecule has 1 aromatic heterocycles. The van der Waals surface area contributed by atoms with E-state index in [1.807, 2.05) is 19.4 Å². The summed E-state index contributed by atoms with van der Waals surface area (Å²) in [5.74, 6) is 1.69. The van der Waals surface area contributed by atoms with E-state index in [1.54, 1.807) is 0 Å². The van der Waals surface area contributed by atoms with E-state index in [1.165, 1.54) is 19.3 Å². The number of rotatable bonds is 3. The van der Waals surface area contributed by atoms with E-state index in [4.69, 9.17) is 0 Å². The van der Waals surface area contributed by atoms with Gasteiger partial charge in [-0.05, 0) is 37.2 Å². The van der Waals surface area contributed by atoms with Gasteiger partial charge in [-0.2, -0.15) is 0 Å². The molecule has 1 aliphatic rings. The van der Waals surface area contributed by atoms with Crippen LogP contribution in [0.1, 0.15) is 33.1 Å². The van der Waals surface area contributed by atoms with E-state index < -0.39 is 0 Å². The second-order valence-electron chi connectivity index (χ2n) is 5.32. The lowest BCUT2D eigenvalue weighted by molar-refractivity contribution is 0.261. The van der Waals surface area contributed by atoms with Crippen molar-refractivity contribution in [2.24, 2.45) is 11.8 Å². The Morgan fingerprint density at radius 3 is 2.59 bits per heavy atom. The van der Waals surface area contributed by atoms with Gasteiger partial charge in [0.1, 0.15) is 0 Å². The van der Waals surface area contributed by atoms with Crippen LogP contribution in [0.2, 0.25) is 0 Å². The van der Waals surface area contributed by atoms with Gasteiger partial charge in [0.25, 0.3) is 0 Å². The Morgan fingerprint density at radius 1 is 1.12 bits per heavy atom. The highest BCUT2D eigenvalue weighted by Crippen LogP contribution is 2.31. The molecule has 17 heavy (non-hydrogen) atoms. The quantitative estimate of drug-likeness (QED) is 0.840. The molecule has 0 amide bonds. The third-order valence-electron chi connectivity index (χ3n) is 4.00. The van der Waals surface area contributed by atoms with Crippen LogP contribution in [0.25, 0.3) is 0 Å². The van der Waals surface area contributed by atoms with Gasteiger partial charge in [-0.25, -0.2) is 0 Å². The Hall–Kier alpha value is -1.25. The average molecular weight is 233 g/mol. The van der Waals surface area contributed by atoms with Crippen LogP contribution in [0.5, 0.6) is 0 Å². The van der Waals surface area contributed by atoms with Crippen molar-refractivity contribution in [2.75, 3.05) is 17.7 Å². The lowest BCUT2D eigenvalue weighted by Crippen LogP contribution is -2.30. The molecule has 0 radical (unpaired) electrons. The van der Waals surface area contributed by atoms with E-state index in [0.717, 1.165) is 23.2 Å². The van der Waals surface area contributed by atoms with Crippen LogP contribution in [-0.4, -0.2) is 18.1 Å². The Bertz CT molecular complexity index is 364. The number of nitrogens with one attached hydrogen (secondary N) is 2. The van der Waals surface area contributed by atoms with E-state index in [0.29, 0.717) is 6.04 Å². The van der Waals surface area contributed by atoms with Crippen molar-refractivity contribution < 1.29 is 0 Å². The molecular formula is C14H23N3. The molecule has 2 N–H and O–H groups in total. The molecule has 2 rings (SSSR count). The average Bonchev–Trinajstić information content (AvgIpc) is 2.34. The minimum absolute atomic E-state index is 0.607. The summed E-state index contributed by atoms with van der Waals surface area (Å²) in [6, 6.07) is 2.73. The fourth-order valence-corrected chi connectivity index (χ4v) is 2.57. The molecule has 0 saturated heterocycles. The summed E-state index contributed by atoms with van der Waals surface area (Å²) in [6.45, 7) is 4.73. The molecule has 3 nitrogen and oxygen atoms in total. The van der Waals surface area contributed by atoms with Crippen molar-refractivity contribution >= 4 is 11.4 Å². The Kier molecular flexibility index (Phi) is 3.87. The maximum absolute atomic E-state index is 4.23. The monoisotopic (exact) mass is 233 g/mol. The summed E-state index contributed by atoms with van der Waals surface area (Å²) in [4.78, 5) is 4.23. The number of hydrogen-bond acceptors (Lipinski definition) is 3. The summed E-state index contributed by atoms with van der Waals surface area (Å²) in [6.07, 6.45) is 7.62. The Balaban J connectivity index is 1.96. The maximum atomic E-state index is 4.23. The third kappa shape index (κ3) is 3.11. The molecule has 0 bridgehead atoms. The first-order valence-corrected chi connectivity index (χ1v) is 6.58. The van der Waals surface area contributed by atoms with Crippen molar-refractivity contribution in [2.45, 2.75) is 39.2 Å². The highest BCUT2D eigenvalue weighted by atomic mass is 14.9. The molecule has 3 atom stereocenters. The molecule has 1 fully saturated rings. The molecule has 1 aliphatic carbocycles. The molecule has 0 spiro atoms. The molecule has 1 aromatic rings. The highest BCUT2D eigenvalue weighted by molar-refractivity contribution is 5.54. The van der Waals surface area contributed by atoms with Crippen LogP contribution in [0.3, 0.4) is 0 Å². The largest absolute Gasteiger partial charge is 0.387 e. The molecule has 94 valence electrons. The van der Waals surface area contributed by atoms with Crippen LogP contribution in [0, 0.1) is 11.8 Å². The summed E-state index contributed by atoms with van der Waals surface area (Å²) < 4.78 is 0. The summed E-state index contributed by atoms with van der Waals surface area (Å²) in [7, 11) is 1.92. The minimum Gasteiger partial charge on any atom is -0.387 e. The highest BCUT2D eigenvalue weighted by Gasteiger charge is 2.24. The van der Waals surface area contributed by atoms with E-state index in [9.17, 15) is 0 Å². The van der Waals surface area contributed by atoms with Crippen molar-refractivity contribution in [3.63, 3.8) is 0 Å². The van der Waals surface area contributed by atoms with Gasteiger partial charge < -0.3 is 10.6 Å². The molecule has 1 heterocycles. The smallest absolute Gasteiger partial charge is 0.0549 e. The molecule has 0 aliphatic heterocycles. The number of nitrogens with zero attached hydrogens (tertiary/aromatic N) is 1. The van der Waals surface area contributed by atoms with Gasteiger partial charge in [0.15, 0.2) is 0 Å². The zero-order valence-corrected chi connectivity index (χ0v) is 11.0. The number of anilines is 2. The Labute approximate surface area is 104 Å². The van der Waals surface area contributed by atoms with Crippen LogP contribution in [0.4, 0.5) is 11.4 Å². The zero-order chi connectivity index (χ0) is 12.3. The lowest BCUT2D eigenvalue weighted by Gasteiger charge is -2.33. The van der Waals surface area contributed by atoms with Gasteiger partial charge in [-0.3, -0.25) is 4.98 Å². The van der Waals surface area contributed by atoms with E-state index in [2.05, 4.69) is 35.5 Å². The number of hydrogen-bond donors (Lipinski definition) is 2. The molecule has 1 saturated carbocycles. The normalized spacial score (nSPS) is 28.8. The van der Waals surface area contributed by atoms with Crippen molar-refractivity contribution in [1.29, 1.82) is 0 Å². The first-order valence-electron chi connectivity index (χ1n) is 6.58. The van der Waals surface area contributed by atoms with Crippen LogP contribution in [0.15, 0.2) is 18.5 Å². The first-order chi connectivity index (χ1) is 8.19. The van der Waals surface area contributed by atoms with Gasteiger partial charge in [0.05, 0.1) is 23.8 Å². The fourth-order valence-electron chi connectivity index (χ4n) is 2.57. The standard InChI is InChI=1S/C14H23N3/c1-10-4-5-12(6-11(10)2)17-14-7-13(15-3)8-16-9-14/h7-12,15,17H,4-6H2,1-3H3. The van der Waals surface area contributed by atoms with Gasteiger partial charge in [-0.1, -0.05) is 13.8 Å². The van der Waals surface area contributed by atoms with Crippen molar-refractivity contribution in [3.05, 3.63) is 18.5 Å². The van der Waals surface area contributed by atoms with E-state index >= 15 is 0 Å². The fraction of sp³-hybridized carbons (Fsp3) is 0.643. The summed E-state index contributed by atoms with van der Waals surface area (Å²) in [5.41, 5.74) is 2.19. The van der Waals surface area contributed by atoms with Gasteiger partial charge in [0, 0.05) is 13.1 Å². The van der Waals surface area contributed by atoms with Crippen molar-refractivity contribution in [1.82, 2.24) is 4.98 Å². The van der Waals surface area contributed by atoms with Gasteiger partial charge in [0.2, 0.25) is 0 Å². The summed E-state index contributed by atoms with van der Waals surface area (Å²) in [5, 5.41) is 6.72. The zero-order valence-electron chi connectivity index (χ0n) is 11.0. The Morgan fingerprint density at radius 2 is 1.88 bits per heavy atom. The predicted octanol–water partition coefficient (Wildman–Crippen LogP) is 3.36. The predicted molar refractivity (Wildman–Crippen MR) is 73.4 cm³/mol. The second kappa shape index (κ2) is 5.39. The SMILES string of the molecule is CNc1cncc(NC2CCC(C)C(C)C2)c1. The van der Waals surface area contributed by atoms with Crippen LogP contribution < -0.4 is 10.6 Å². The lowest BCUT2D eigenvalue weighted by atomic mass is 9.79. The first kappa shape index (κ1) is 12.2. The van der Waals surface area contributed by atoms with Crippen molar-refractivity contribution in [3.8, 4) is 0 Å². The van der Waals surface area contributed by atoms with Gasteiger partial charge in [-0.15, -0.1) is 0 Å². The maximum Gasteiger partial charge on any atom is 0.0549 e. The van der Waals surface area contributed by atoms with E-state index in [-0.39, 0.29) is 0 Å². The number of aromatic nitrogens is 1. The van der Waals surface area contributed by atoms with Gasteiger partial charge >= 0.3 is 0 Å².